The van der Waals surface area contributed by atoms with Crippen LogP contribution in [0, 0.1) is 12.8 Å². The number of amides is 2. The zero-order valence-electron chi connectivity index (χ0n) is 15.7. The summed E-state index contributed by atoms with van der Waals surface area (Å²) in [5.74, 6) is -0.254. The topological polar surface area (TPSA) is 78.1 Å². The molecule has 6 heteroatoms. The minimum Gasteiger partial charge on any atom is -0.355 e. The van der Waals surface area contributed by atoms with Crippen LogP contribution in [-0.2, 0) is 9.59 Å². The number of aromatic nitrogens is 2. The maximum Gasteiger partial charge on any atom is 0.235 e. The predicted octanol–water partition coefficient (Wildman–Crippen LogP) is 2.62. The Morgan fingerprint density at radius 3 is 2.78 bits per heavy atom. The van der Waals surface area contributed by atoms with Gasteiger partial charge in [0.2, 0.25) is 11.8 Å². The van der Waals surface area contributed by atoms with Crippen molar-refractivity contribution >= 4 is 11.8 Å². The van der Waals surface area contributed by atoms with Crippen molar-refractivity contribution in [2.24, 2.45) is 5.92 Å². The SMILES string of the molecule is Cc1cccc(-c2cn[nH]c2C2CCN(C(=O)C3CCCNC3=O)CC2)c1. The number of H-pyrrole nitrogens is 1. The maximum absolute atomic E-state index is 12.7. The Morgan fingerprint density at radius 2 is 2.04 bits per heavy atom. The van der Waals surface area contributed by atoms with Crippen molar-refractivity contribution in [1.82, 2.24) is 20.4 Å². The van der Waals surface area contributed by atoms with Gasteiger partial charge in [-0.15, -0.1) is 0 Å². The molecule has 0 bridgehead atoms. The number of aryl methyl sites for hydroxylation is 1. The van der Waals surface area contributed by atoms with Gasteiger partial charge in [-0.2, -0.15) is 5.10 Å². The molecule has 0 saturated carbocycles. The molecule has 1 aromatic heterocycles. The number of piperidine rings is 2. The molecule has 1 atom stereocenters. The molecule has 0 spiro atoms. The third-order valence-electron chi connectivity index (χ3n) is 5.80. The molecule has 1 unspecified atom stereocenters. The molecule has 6 nitrogen and oxygen atoms in total. The number of likely N-dealkylation sites (tertiary alicyclic amines) is 1. The number of hydrogen-bond acceptors (Lipinski definition) is 3. The average molecular weight is 366 g/mol. The molecule has 2 aromatic rings. The Labute approximate surface area is 159 Å². The highest BCUT2D eigenvalue weighted by Crippen LogP contribution is 2.34. The van der Waals surface area contributed by atoms with Crippen LogP contribution in [0.15, 0.2) is 30.5 Å². The summed E-state index contributed by atoms with van der Waals surface area (Å²) in [6, 6.07) is 8.45. The molecule has 2 aliphatic rings. The highest BCUT2D eigenvalue weighted by Gasteiger charge is 2.34. The fraction of sp³-hybridized carbons (Fsp3) is 0.476. The Balaban J connectivity index is 1.44. The number of aromatic amines is 1. The molecule has 2 saturated heterocycles. The standard InChI is InChI=1S/C21H26N4O2/c1-14-4-2-5-16(12-14)18-13-23-24-19(18)15-7-10-25(11-8-15)21(27)17-6-3-9-22-20(17)26/h2,4-5,12-13,15,17H,3,6-11H2,1H3,(H,22,26)(H,23,24). The molecule has 142 valence electrons. The molecular formula is C21H26N4O2. The lowest BCUT2D eigenvalue weighted by atomic mass is 9.88. The van der Waals surface area contributed by atoms with Gasteiger partial charge in [0.1, 0.15) is 5.92 Å². The van der Waals surface area contributed by atoms with Crippen molar-refractivity contribution in [3.63, 3.8) is 0 Å². The second-order valence-electron chi connectivity index (χ2n) is 7.65. The van der Waals surface area contributed by atoms with Crippen LogP contribution in [0.3, 0.4) is 0 Å². The van der Waals surface area contributed by atoms with Gasteiger partial charge in [-0.1, -0.05) is 29.8 Å². The molecule has 2 aliphatic heterocycles. The summed E-state index contributed by atoms with van der Waals surface area (Å²) >= 11 is 0. The van der Waals surface area contributed by atoms with Crippen LogP contribution in [0.4, 0.5) is 0 Å². The predicted molar refractivity (Wildman–Crippen MR) is 103 cm³/mol. The highest BCUT2D eigenvalue weighted by atomic mass is 16.2. The Bertz CT molecular complexity index is 836. The molecule has 27 heavy (non-hydrogen) atoms. The van der Waals surface area contributed by atoms with E-state index in [0.29, 0.717) is 32.0 Å². The van der Waals surface area contributed by atoms with Crippen molar-refractivity contribution in [3.05, 3.63) is 41.7 Å². The molecule has 2 N–H and O–H groups in total. The second kappa shape index (κ2) is 7.55. The van der Waals surface area contributed by atoms with Crippen molar-refractivity contribution in [2.75, 3.05) is 19.6 Å². The molecule has 0 radical (unpaired) electrons. The highest BCUT2D eigenvalue weighted by molar-refractivity contribution is 6.00. The van der Waals surface area contributed by atoms with E-state index in [0.717, 1.165) is 30.5 Å². The van der Waals surface area contributed by atoms with Gasteiger partial charge in [0.05, 0.1) is 6.20 Å². The molecule has 2 fully saturated rings. The fourth-order valence-electron chi connectivity index (χ4n) is 4.27. The number of hydrogen-bond donors (Lipinski definition) is 2. The molecule has 0 aliphatic carbocycles. The summed E-state index contributed by atoms with van der Waals surface area (Å²) in [5.41, 5.74) is 4.71. The van der Waals surface area contributed by atoms with Crippen LogP contribution in [0.1, 0.15) is 42.9 Å². The van der Waals surface area contributed by atoms with Gasteiger partial charge in [-0.25, -0.2) is 0 Å². The first-order valence-electron chi connectivity index (χ1n) is 9.80. The summed E-state index contributed by atoms with van der Waals surface area (Å²) in [7, 11) is 0. The summed E-state index contributed by atoms with van der Waals surface area (Å²) < 4.78 is 0. The van der Waals surface area contributed by atoms with Crippen molar-refractivity contribution < 1.29 is 9.59 Å². The lowest BCUT2D eigenvalue weighted by molar-refractivity contribution is -0.144. The zero-order chi connectivity index (χ0) is 18.8. The van der Waals surface area contributed by atoms with E-state index in [1.165, 1.54) is 11.1 Å². The smallest absolute Gasteiger partial charge is 0.235 e. The van der Waals surface area contributed by atoms with E-state index >= 15 is 0 Å². The summed E-state index contributed by atoms with van der Waals surface area (Å²) in [6.45, 7) is 4.17. The number of nitrogens with zero attached hydrogens (tertiary/aromatic N) is 2. The molecule has 3 heterocycles. The first kappa shape index (κ1) is 17.8. The Hall–Kier alpha value is -2.63. The quantitative estimate of drug-likeness (QED) is 0.820. The van der Waals surface area contributed by atoms with Crippen molar-refractivity contribution in [3.8, 4) is 11.1 Å². The van der Waals surface area contributed by atoms with Gasteiger partial charge in [0.15, 0.2) is 0 Å². The van der Waals surface area contributed by atoms with E-state index in [1.807, 2.05) is 11.1 Å². The number of benzene rings is 1. The van der Waals surface area contributed by atoms with E-state index in [9.17, 15) is 9.59 Å². The van der Waals surface area contributed by atoms with Gasteiger partial charge >= 0.3 is 0 Å². The Kier molecular flexibility index (Phi) is 4.97. The first-order chi connectivity index (χ1) is 13.1. The zero-order valence-corrected chi connectivity index (χ0v) is 15.7. The van der Waals surface area contributed by atoms with E-state index < -0.39 is 5.92 Å². The number of carbonyl (C=O) groups is 2. The second-order valence-corrected chi connectivity index (χ2v) is 7.65. The van der Waals surface area contributed by atoms with Crippen LogP contribution in [0.25, 0.3) is 11.1 Å². The lowest BCUT2D eigenvalue weighted by Crippen LogP contribution is -2.48. The van der Waals surface area contributed by atoms with Crippen LogP contribution in [-0.4, -0.2) is 46.5 Å². The largest absolute Gasteiger partial charge is 0.355 e. The first-order valence-corrected chi connectivity index (χ1v) is 9.80. The van der Waals surface area contributed by atoms with Crippen molar-refractivity contribution in [2.45, 2.75) is 38.5 Å². The fourth-order valence-corrected chi connectivity index (χ4v) is 4.27. The average Bonchev–Trinajstić information content (AvgIpc) is 3.18. The van der Waals surface area contributed by atoms with Gasteiger partial charge in [-0.05, 0) is 38.2 Å². The Morgan fingerprint density at radius 1 is 1.22 bits per heavy atom. The maximum atomic E-state index is 12.7. The molecule has 1 aromatic carbocycles. The normalized spacial score (nSPS) is 21.1. The summed E-state index contributed by atoms with van der Waals surface area (Å²) in [6.07, 6.45) is 5.23. The third-order valence-corrected chi connectivity index (χ3v) is 5.80. The van der Waals surface area contributed by atoms with Crippen LogP contribution in [0.5, 0.6) is 0 Å². The van der Waals surface area contributed by atoms with Crippen LogP contribution < -0.4 is 5.32 Å². The van der Waals surface area contributed by atoms with Gasteiger partial charge in [0.25, 0.3) is 0 Å². The van der Waals surface area contributed by atoms with Crippen molar-refractivity contribution in [1.29, 1.82) is 0 Å². The molecular weight excluding hydrogens is 340 g/mol. The van der Waals surface area contributed by atoms with Gasteiger partial charge < -0.3 is 10.2 Å². The monoisotopic (exact) mass is 366 g/mol. The summed E-state index contributed by atoms with van der Waals surface area (Å²) in [4.78, 5) is 26.6. The number of rotatable bonds is 3. The number of nitrogens with one attached hydrogen (secondary N) is 2. The van der Waals surface area contributed by atoms with Gasteiger partial charge in [-0.3, -0.25) is 14.7 Å². The minimum absolute atomic E-state index is 0.00540. The van der Waals surface area contributed by atoms with E-state index in [2.05, 4.69) is 46.7 Å². The molecule has 4 rings (SSSR count). The van der Waals surface area contributed by atoms with Gasteiger partial charge in [0, 0.05) is 36.8 Å². The number of carbonyl (C=O) groups excluding carboxylic acids is 2. The lowest BCUT2D eigenvalue weighted by Gasteiger charge is -2.34. The third kappa shape index (κ3) is 3.61. The summed E-state index contributed by atoms with van der Waals surface area (Å²) in [5, 5.41) is 10.3. The molecule has 2 amide bonds. The van der Waals surface area contributed by atoms with Crippen LogP contribution in [0.2, 0.25) is 0 Å². The minimum atomic E-state index is -0.495. The van der Waals surface area contributed by atoms with Crippen LogP contribution >= 0.6 is 0 Å². The van der Waals surface area contributed by atoms with E-state index in [4.69, 9.17) is 0 Å². The van der Waals surface area contributed by atoms with E-state index in [-0.39, 0.29) is 11.8 Å². The van der Waals surface area contributed by atoms with E-state index in [1.54, 1.807) is 0 Å².